The van der Waals surface area contributed by atoms with Crippen molar-refractivity contribution in [2.24, 2.45) is 0 Å². The van der Waals surface area contributed by atoms with Crippen molar-refractivity contribution in [2.45, 2.75) is 33.0 Å². The first-order chi connectivity index (χ1) is 15.2. The van der Waals surface area contributed by atoms with Crippen LogP contribution in [0, 0.1) is 0 Å². The second kappa shape index (κ2) is 10.0. The molecule has 32 heavy (non-hydrogen) atoms. The number of nitrogens with zero attached hydrogens (tertiary/aromatic N) is 1. The molecule has 0 spiro atoms. The van der Waals surface area contributed by atoms with E-state index in [1.165, 1.54) is 4.90 Å². The topological polar surface area (TPSA) is 65.1 Å². The monoisotopic (exact) mass is 499 g/mol. The maximum absolute atomic E-state index is 12.9. The Labute approximate surface area is 196 Å². The summed E-state index contributed by atoms with van der Waals surface area (Å²) in [6.45, 7) is 5.51. The molecule has 0 aliphatic rings. The number of ether oxygens (including phenoxy) is 3. The summed E-state index contributed by atoms with van der Waals surface area (Å²) < 4.78 is 17.7. The summed E-state index contributed by atoms with van der Waals surface area (Å²) in [7, 11) is 1.59. The minimum absolute atomic E-state index is 0.166. The quantitative estimate of drug-likeness (QED) is 0.365. The van der Waals surface area contributed by atoms with E-state index >= 15 is 0 Å². The van der Waals surface area contributed by atoms with Gasteiger partial charge in [0.15, 0.2) is 0 Å². The molecule has 0 saturated heterocycles. The number of hydrogen-bond acceptors (Lipinski definition) is 5. The summed E-state index contributed by atoms with van der Waals surface area (Å²) in [6.07, 6.45) is 0.0398. The normalized spacial score (nSPS) is 11.2. The second-order valence-electron chi connectivity index (χ2n) is 8.15. The number of hydrogen-bond donors (Lipinski definition) is 0. The van der Waals surface area contributed by atoms with Crippen LogP contribution in [0.25, 0.3) is 10.8 Å². The minimum Gasteiger partial charge on any atom is -0.497 e. The molecule has 0 aliphatic carbocycles. The van der Waals surface area contributed by atoms with Crippen LogP contribution in [0.2, 0.25) is 0 Å². The maximum Gasteiger partial charge on any atom is 0.415 e. The van der Waals surface area contributed by atoms with Crippen molar-refractivity contribution in [3.8, 4) is 11.5 Å². The van der Waals surface area contributed by atoms with E-state index in [4.69, 9.17) is 14.2 Å². The van der Waals surface area contributed by atoms with Crippen molar-refractivity contribution < 1.29 is 23.8 Å². The number of carbonyl (C=O) groups is 2. The lowest BCUT2D eigenvalue weighted by Gasteiger charge is -2.27. The summed E-state index contributed by atoms with van der Waals surface area (Å²) in [6, 6.07) is 17.1. The highest BCUT2D eigenvalue weighted by molar-refractivity contribution is 9.10. The highest BCUT2D eigenvalue weighted by Gasteiger charge is 2.26. The first kappa shape index (κ1) is 23.6. The van der Waals surface area contributed by atoms with E-state index in [1.807, 2.05) is 48.5 Å². The fraction of sp³-hybridized carbons (Fsp3) is 0.280. The Morgan fingerprint density at radius 3 is 2.41 bits per heavy atom. The molecule has 0 saturated carbocycles. The molecule has 3 aromatic rings. The molecule has 0 bridgehead atoms. The van der Waals surface area contributed by atoms with E-state index in [-0.39, 0.29) is 6.54 Å². The number of fused-ring (bicyclic) bond motifs is 1. The van der Waals surface area contributed by atoms with E-state index in [1.54, 1.807) is 33.9 Å². The zero-order chi connectivity index (χ0) is 23.3. The molecule has 3 rings (SSSR count). The summed E-state index contributed by atoms with van der Waals surface area (Å²) in [5.74, 6) is 1.23. The number of rotatable bonds is 7. The molecule has 168 valence electrons. The Kier molecular flexibility index (Phi) is 7.40. The zero-order valence-electron chi connectivity index (χ0n) is 18.6. The van der Waals surface area contributed by atoms with Crippen molar-refractivity contribution in [1.29, 1.82) is 0 Å². The molecular weight excluding hydrogens is 474 g/mol. The van der Waals surface area contributed by atoms with Crippen LogP contribution >= 0.6 is 15.9 Å². The number of carbonyl (C=O) groups excluding carboxylic acids is 2. The Balaban J connectivity index is 2.12. The van der Waals surface area contributed by atoms with E-state index in [0.29, 0.717) is 34.6 Å². The van der Waals surface area contributed by atoms with Crippen LogP contribution < -0.4 is 14.4 Å². The first-order valence-electron chi connectivity index (χ1n) is 10.1. The average molecular weight is 500 g/mol. The van der Waals surface area contributed by atoms with Gasteiger partial charge in [-0.05, 0) is 60.5 Å². The molecule has 0 aliphatic heterocycles. The van der Waals surface area contributed by atoms with Gasteiger partial charge in [-0.15, -0.1) is 0 Å². The number of amides is 1. The van der Waals surface area contributed by atoms with Crippen molar-refractivity contribution in [3.05, 3.63) is 64.6 Å². The highest BCUT2D eigenvalue weighted by atomic mass is 79.9. The molecule has 6 nitrogen and oxygen atoms in total. The summed E-state index contributed by atoms with van der Waals surface area (Å²) in [5, 5.41) is 1.62. The van der Waals surface area contributed by atoms with Crippen LogP contribution in [0.4, 0.5) is 10.5 Å². The number of methoxy groups -OCH3 is 1. The van der Waals surface area contributed by atoms with Gasteiger partial charge in [-0.1, -0.05) is 30.3 Å². The predicted octanol–water partition coefficient (Wildman–Crippen LogP) is 6.13. The number of halogens is 1. The maximum atomic E-state index is 12.9. The van der Waals surface area contributed by atoms with E-state index in [9.17, 15) is 9.59 Å². The molecule has 0 unspecified atom stereocenters. The number of aldehydes is 1. The minimum atomic E-state index is -0.711. The second-order valence-corrected chi connectivity index (χ2v) is 8.94. The van der Waals surface area contributed by atoms with Crippen LogP contribution in [0.5, 0.6) is 11.5 Å². The molecule has 0 radical (unpaired) electrons. The highest BCUT2D eigenvalue weighted by Crippen LogP contribution is 2.42. The van der Waals surface area contributed by atoms with Crippen molar-refractivity contribution in [1.82, 2.24) is 0 Å². The Bertz CT molecular complexity index is 1110. The zero-order valence-corrected chi connectivity index (χ0v) is 20.1. The molecule has 0 atom stereocenters. The van der Waals surface area contributed by atoms with Gasteiger partial charge in [0.05, 0.1) is 19.3 Å². The number of benzene rings is 3. The molecule has 0 N–H and O–H groups in total. The summed E-state index contributed by atoms with van der Waals surface area (Å²) in [5.41, 5.74) is 0.767. The molecule has 3 aromatic carbocycles. The molecule has 0 aromatic heterocycles. The lowest BCUT2D eigenvalue weighted by atomic mass is 10.1. The van der Waals surface area contributed by atoms with Gasteiger partial charge in [0.25, 0.3) is 0 Å². The number of anilines is 1. The van der Waals surface area contributed by atoms with Crippen molar-refractivity contribution in [3.63, 3.8) is 0 Å². The summed E-state index contributed by atoms with van der Waals surface area (Å²) >= 11 is 3.62. The third-order valence-electron chi connectivity index (χ3n) is 4.62. The molecule has 0 heterocycles. The molecule has 1 amide bonds. The molecular formula is C25H26BrNO5. The average Bonchev–Trinajstić information content (AvgIpc) is 2.76. The van der Waals surface area contributed by atoms with Crippen LogP contribution in [0.1, 0.15) is 26.3 Å². The van der Waals surface area contributed by atoms with E-state index in [0.717, 1.165) is 16.3 Å². The van der Waals surface area contributed by atoms with Gasteiger partial charge in [-0.3, -0.25) is 4.90 Å². The Morgan fingerprint density at radius 2 is 1.78 bits per heavy atom. The lowest BCUT2D eigenvalue weighted by Crippen LogP contribution is -2.38. The van der Waals surface area contributed by atoms with Crippen molar-refractivity contribution in [2.75, 3.05) is 18.6 Å². The van der Waals surface area contributed by atoms with Gasteiger partial charge in [0.2, 0.25) is 0 Å². The fourth-order valence-corrected chi connectivity index (χ4v) is 3.82. The van der Waals surface area contributed by atoms with Gasteiger partial charge < -0.3 is 19.0 Å². The van der Waals surface area contributed by atoms with Crippen LogP contribution in [-0.2, 0) is 16.1 Å². The van der Waals surface area contributed by atoms with Crippen LogP contribution in [-0.4, -0.2) is 31.6 Å². The van der Waals surface area contributed by atoms with Crippen LogP contribution in [0.3, 0.4) is 0 Å². The van der Waals surface area contributed by atoms with Gasteiger partial charge in [0.1, 0.15) is 30.0 Å². The lowest BCUT2D eigenvalue weighted by molar-refractivity contribution is -0.106. The molecule has 0 fully saturated rings. The van der Waals surface area contributed by atoms with Crippen molar-refractivity contribution >= 4 is 44.8 Å². The SMILES string of the molecule is COc1ccc2c(OCc3ccccc3)cc(N(CC=O)C(=O)OC(C)(C)C)c(Br)c2c1. The molecule has 7 heteroatoms. The van der Waals surface area contributed by atoms with Gasteiger partial charge in [-0.25, -0.2) is 4.79 Å². The standard InChI is InChI=1S/C25H26BrNO5/c1-25(2,3)32-24(29)27(12-13-28)21-15-22(31-16-17-8-6-5-7-9-17)19-11-10-18(30-4)14-20(19)23(21)26/h5-11,13-15H,12,16H2,1-4H3. The Hall–Kier alpha value is -3.06. The van der Waals surface area contributed by atoms with E-state index < -0.39 is 11.7 Å². The Morgan fingerprint density at radius 1 is 1.06 bits per heavy atom. The smallest absolute Gasteiger partial charge is 0.415 e. The third-order valence-corrected chi connectivity index (χ3v) is 5.45. The first-order valence-corrected chi connectivity index (χ1v) is 10.9. The summed E-state index contributed by atoms with van der Waals surface area (Å²) in [4.78, 5) is 25.6. The predicted molar refractivity (Wildman–Crippen MR) is 129 cm³/mol. The van der Waals surface area contributed by atoms with Gasteiger partial charge >= 0.3 is 6.09 Å². The van der Waals surface area contributed by atoms with E-state index in [2.05, 4.69) is 15.9 Å². The fourth-order valence-electron chi connectivity index (χ4n) is 3.16. The largest absolute Gasteiger partial charge is 0.497 e. The van der Waals surface area contributed by atoms with Crippen LogP contribution in [0.15, 0.2) is 59.1 Å². The third kappa shape index (κ3) is 5.59. The van der Waals surface area contributed by atoms with Gasteiger partial charge in [0, 0.05) is 21.3 Å². The van der Waals surface area contributed by atoms with Gasteiger partial charge in [-0.2, -0.15) is 0 Å².